The number of hydrogen-bond acceptors (Lipinski definition) is 5. The lowest BCUT2D eigenvalue weighted by molar-refractivity contribution is -0.181. The van der Waals surface area contributed by atoms with Crippen molar-refractivity contribution < 1.29 is 36.3 Å². The summed E-state index contributed by atoms with van der Waals surface area (Å²) in [5, 5.41) is 8.74. The summed E-state index contributed by atoms with van der Waals surface area (Å²) >= 11 is 0.421. The van der Waals surface area contributed by atoms with E-state index in [0.29, 0.717) is 11.3 Å². The Labute approximate surface area is 109 Å². The summed E-state index contributed by atoms with van der Waals surface area (Å²) in [6.07, 6.45) is -4.68. The predicted molar refractivity (Wildman–Crippen MR) is 58.3 cm³/mol. The van der Waals surface area contributed by atoms with E-state index in [1.807, 2.05) is 0 Å². The monoisotopic (exact) mass is 319 g/mol. The molecule has 0 aliphatic heterocycles. The molecule has 11 heteroatoms. The van der Waals surface area contributed by atoms with E-state index in [1.54, 1.807) is 0 Å². The number of carbonyl (C=O) groups is 1. The second-order valence-corrected chi connectivity index (χ2v) is 6.30. The normalized spacial score (nSPS) is 12.6. The molecule has 0 aliphatic carbocycles. The van der Waals surface area contributed by atoms with E-state index in [4.69, 9.17) is 5.11 Å². The smallest absolute Gasteiger partial charge is 0.413 e. The maximum atomic E-state index is 11.8. The fraction of sp³-hybridized carbons (Fsp3) is 0.375. The lowest BCUT2D eigenvalue weighted by atomic mass is 10.3. The molecule has 0 aromatic carbocycles. The summed E-state index contributed by atoms with van der Waals surface area (Å²) < 4.78 is 57.9. The summed E-state index contributed by atoms with van der Waals surface area (Å²) in [6, 6.07) is 1.04. The summed E-state index contributed by atoms with van der Waals surface area (Å²) in [5.74, 6) is -1.32. The molecule has 0 saturated carbocycles. The van der Waals surface area contributed by atoms with Gasteiger partial charge in [-0.05, 0) is 18.6 Å². The standard InChI is InChI=1S/C8H8F3NO5S2/c1-4-2-5(18-6(4)7(13)14)19(15,16)12-17-3-8(9,10)11/h2,12H,3H2,1H3,(H,13,14). The Hall–Kier alpha value is -1.17. The number of halogens is 3. The zero-order chi connectivity index (χ0) is 14.8. The average Bonchev–Trinajstić information content (AvgIpc) is 2.58. The van der Waals surface area contributed by atoms with Crippen molar-refractivity contribution in [2.75, 3.05) is 6.61 Å². The molecule has 0 amide bonds. The molecule has 1 rings (SSSR count). The Kier molecular flexibility index (Phi) is 4.55. The van der Waals surface area contributed by atoms with Crippen molar-refractivity contribution >= 4 is 27.3 Å². The molecule has 0 saturated heterocycles. The molecule has 0 bridgehead atoms. The largest absolute Gasteiger partial charge is 0.477 e. The summed E-state index contributed by atoms with van der Waals surface area (Å²) in [5.41, 5.74) is 0.189. The SMILES string of the molecule is Cc1cc(S(=O)(=O)NOCC(F)(F)F)sc1C(=O)O. The number of sulfonamides is 1. The molecule has 6 nitrogen and oxygen atoms in total. The number of thiophene rings is 1. The van der Waals surface area contributed by atoms with Crippen LogP contribution >= 0.6 is 11.3 Å². The van der Waals surface area contributed by atoms with Gasteiger partial charge in [-0.2, -0.15) is 13.2 Å². The summed E-state index contributed by atoms with van der Waals surface area (Å²) in [4.78, 5) is 15.6. The van der Waals surface area contributed by atoms with Gasteiger partial charge in [-0.1, -0.05) is 4.89 Å². The molecular formula is C8H8F3NO5S2. The maximum Gasteiger partial charge on any atom is 0.413 e. The molecule has 0 unspecified atom stereocenters. The van der Waals surface area contributed by atoms with E-state index in [2.05, 4.69) is 4.84 Å². The zero-order valence-corrected chi connectivity index (χ0v) is 10.9. The second kappa shape index (κ2) is 5.45. The molecule has 0 atom stereocenters. The van der Waals surface area contributed by atoms with Gasteiger partial charge in [-0.25, -0.2) is 13.2 Å². The Morgan fingerprint density at radius 3 is 2.53 bits per heavy atom. The molecule has 108 valence electrons. The summed E-state index contributed by atoms with van der Waals surface area (Å²) in [6.45, 7) is -0.419. The molecular weight excluding hydrogens is 311 g/mol. The van der Waals surface area contributed by atoms with Crippen molar-refractivity contribution in [2.45, 2.75) is 17.3 Å². The topological polar surface area (TPSA) is 92.7 Å². The highest BCUT2D eigenvalue weighted by Gasteiger charge is 2.29. The number of nitrogens with one attached hydrogen (secondary N) is 1. The third-order valence-electron chi connectivity index (χ3n) is 1.76. The van der Waals surface area contributed by atoms with E-state index < -0.39 is 33.0 Å². The van der Waals surface area contributed by atoms with E-state index in [-0.39, 0.29) is 10.4 Å². The van der Waals surface area contributed by atoms with E-state index in [1.165, 1.54) is 11.8 Å². The van der Waals surface area contributed by atoms with Gasteiger partial charge in [0.05, 0.1) is 0 Å². The van der Waals surface area contributed by atoms with Gasteiger partial charge in [-0.15, -0.1) is 11.3 Å². The van der Waals surface area contributed by atoms with Crippen LogP contribution in [0.4, 0.5) is 13.2 Å². The van der Waals surface area contributed by atoms with Gasteiger partial charge < -0.3 is 5.11 Å². The maximum absolute atomic E-state index is 11.8. The van der Waals surface area contributed by atoms with Gasteiger partial charge in [0.25, 0.3) is 10.0 Å². The van der Waals surface area contributed by atoms with Crippen molar-refractivity contribution in [2.24, 2.45) is 0 Å². The molecule has 0 spiro atoms. The van der Waals surface area contributed by atoms with Gasteiger partial charge >= 0.3 is 12.1 Å². The quantitative estimate of drug-likeness (QED) is 0.803. The first kappa shape index (κ1) is 15.9. The molecule has 1 aromatic rings. The van der Waals surface area contributed by atoms with Crippen LogP contribution in [0, 0.1) is 6.92 Å². The third kappa shape index (κ3) is 4.45. The molecule has 0 radical (unpaired) electrons. The Balaban J connectivity index is 2.84. The Morgan fingerprint density at radius 1 is 1.53 bits per heavy atom. The lowest BCUT2D eigenvalue weighted by Crippen LogP contribution is -2.29. The number of carboxylic acids is 1. The number of rotatable bonds is 5. The van der Waals surface area contributed by atoms with Crippen LogP contribution in [-0.4, -0.2) is 32.3 Å². The van der Waals surface area contributed by atoms with Crippen LogP contribution in [0.3, 0.4) is 0 Å². The van der Waals surface area contributed by atoms with Crippen molar-refractivity contribution in [3.8, 4) is 0 Å². The molecule has 2 N–H and O–H groups in total. The van der Waals surface area contributed by atoms with Crippen LogP contribution in [0.5, 0.6) is 0 Å². The van der Waals surface area contributed by atoms with Crippen LogP contribution < -0.4 is 4.89 Å². The minimum absolute atomic E-state index is 0.189. The minimum atomic E-state index is -4.68. The number of carboxylic acid groups (broad SMARTS) is 1. The number of hydrogen-bond donors (Lipinski definition) is 2. The van der Waals surface area contributed by atoms with Gasteiger partial charge in [0.1, 0.15) is 9.09 Å². The molecule has 0 aliphatic rings. The zero-order valence-electron chi connectivity index (χ0n) is 9.32. The van der Waals surface area contributed by atoms with Gasteiger partial charge in [0.2, 0.25) is 0 Å². The van der Waals surface area contributed by atoms with Gasteiger partial charge in [-0.3, -0.25) is 4.84 Å². The van der Waals surface area contributed by atoms with Crippen molar-refractivity contribution in [1.29, 1.82) is 0 Å². The fourth-order valence-corrected chi connectivity index (χ4v) is 3.19. The second-order valence-electron chi connectivity index (χ2n) is 3.37. The van der Waals surface area contributed by atoms with Gasteiger partial charge in [0.15, 0.2) is 6.61 Å². The molecule has 19 heavy (non-hydrogen) atoms. The van der Waals surface area contributed by atoms with Crippen LogP contribution in [0.2, 0.25) is 0 Å². The van der Waals surface area contributed by atoms with Gasteiger partial charge in [0, 0.05) is 0 Å². The highest BCUT2D eigenvalue weighted by atomic mass is 32.2. The predicted octanol–water partition coefficient (Wildman–Crippen LogP) is 1.53. The lowest BCUT2D eigenvalue weighted by Gasteiger charge is -2.07. The van der Waals surface area contributed by atoms with Crippen LogP contribution in [-0.2, 0) is 14.9 Å². The van der Waals surface area contributed by atoms with Crippen molar-refractivity contribution in [3.63, 3.8) is 0 Å². The molecule has 1 heterocycles. The molecule has 1 aromatic heterocycles. The highest BCUT2D eigenvalue weighted by Crippen LogP contribution is 2.26. The molecule has 0 fully saturated rings. The first-order valence-corrected chi connectivity index (χ1v) is 6.87. The minimum Gasteiger partial charge on any atom is -0.477 e. The summed E-state index contributed by atoms with van der Waals surface area (Å²) in [7, 11) is -4.33. The van der Waals surface area contributed by atoms with E-state index in [9.17, 15) is 26.4 Å². The van der Waals surface area contributed by atoms with Crippen molar-refractivity contribution in [1.82, 2.24) is 4.89 Å². The van der Waals surface area contributed by atoms with E-state index >= 15 is 0 Å². The van der Waals surface area contributed by atoms with E-state index in [0.717, 1.165) is 6.07 Å². The van der Waals surface area contributed by atoms with Crippen LogP contribution in [0.25, 0.3) is 0 Å². The first-order valence-electron chi connectivity index (χ1n) is 4.57. The van der Waals surface area contributed by atoms with Crippen LogP contribution in [0.1, 0.15) is 15.2 Å². The third-order valence-corrected chi connectivity index (χ3v) is 4.67. The highest BCUT2D eigenvalue weighted by molar-refractivity contribution is 7.91. The fourth-order valence-electron chi connectivity index (χ4n) is 1.03. The average molecular weight is 319 g/mol. The number of alkyl halides is 3. The Bertz CT molecular complexity index is 578. The Morgan fingerprint density at radius 2 is 2.11 bits per heavy atom. The number of aromatic carboxylic acids is 1. The first-order chi connectivity index (χ1) is 8.53. The van der Waals surface area contributed by atoms with Crippen molar-refractivity contribution in [3.05, 3.63) is 16.5 Å². The van der Waals surface area contributed by atoms with Crippen LogP contribution in [0.15, 0.2) is 10.3 Å². The number of aryl methyl sites for hydroxylation is 1.